The molecule has 1 rings (SSSR count). The second-order valence-electron chi connectivity index (χ2n) is 4.62. The number of nitrogens with one attached hydrogen (secondary N) is 1. The van der Waals surface area contributed by atoms with Crippen molar-refractivity contribution in [1.82, 2.24) is 5.32 Å². The Bertz CT molecular complexity index is 421. The van der Waals surface area contributed by atoms with Crippen LogP contribution in [0.25, 0.3) is 0 Å². The zero-order chi connectivity index (χ0) is 13.7. The van der Waals surface area contributed by atoms with Crippen molar-refractivity contribution in [3.8, 4) is 5.75 Å². The average Bonchev–Trinajstić information content (AvgIpc) is 2.30. The highest BCUT2D eigenvalue weighted by molar-refractivity contribution is 9.10. The maximum Gasteiger partial charge on any atom is 0.255 e. The molecule has 0 bridgehead atoms. The van der Waals surface area contributed by atoms with Crippen LogP contribution in [0.5, 0.6) is 5.75 Å². The number of phenolic OH excluding ortho intramolecular Hbond substituents is 1. The first-order valence-electron chi connectivity index (χ1n) is 5.79. The molecular weight excluding hydrogens is 362 g/mol. The van der Waals surface area contributed by atoms with Crippen molar-refractivity contribution in [3.05, 3.63) is 28.2 Å². The Kier molecular flexibility index (Phi) is 6.15. The minimum atomic E-state index is -0.251. The summed E-state index contributed by atoms with van der Waals surface area (Å²) in [5.74, 6) is 0.247. The van der Waals surface area contributed by atoms with Crippen LogP contribution in [-0.2, 0) is 0 Å². The molecule has 1 unspecified atom stereocenters. The van der Waals surface area contributed by atoms with Gasteiger partial charge in [0.25, 0.3) is 5.91 Å². The molecule has 0 aliphatic rings. The first kappa shape index (κ1) is 15.5. The molecule has 0 heterocycles. The fourth-order valence-electron chi connectivity index (χ4n) is 1.68. The van der Waals surface area contributed by atoms with Crippen molar-refractivity contribution >= 4 is 37.8 Å². The van der Waals surface area contributed by atoms with Gasteiger partial charge in [-0.2, -0.15) is 0 Å². The second-order valence-corrected chi connectivity index (χ2v) is 6.18. The molecule has 18 heavy (non-hydrogen) atoms. The normalized spacial score (nSPS) is 12.5. The predicted octanol–water partition coefficient (Wildman–Crippen LogP) is 3.69. The van der Waals surface area contributed by atoms with E-state index in [-0.39, 0.29) is 17.7 Å². The van der Waals surface area contributed by atoms with Gasteiger partial charge >= 0.3 is 0 Å². The van der Waals surface area contributed by atoms with Crippen molar-refractivity contribution in [3.63, 3.8) is 0 Å². The van der Waals surface area contributed by atoms with Crippen LogP contribution in [0.2, 0.25) is 0 Å². The van der Waals surface area contributed by atoms with Gasteiger partial charge in [-0.05, 0) is 30.5 Å². The summed E-state index contributed by atoms with van der Waals surface area (Å²) < 4.78 is 0.768. The van der Waals surface area contributed by atoms with Gasteiger partial charge in [0.05, 0.1) is 5.56 Å². The Morgan fingerprint density at radius 1 is 1.44 bits per heavy atom. The van der Waals surface area contributed by atoms with Crippen LogP contribution in [0.4, 0.5) is 0 Å². The van der Waals surface area contributed by atoms with E-state index in [2.05, 4.69) is 51.0 Å². The lowest BCUT2D eigenvalue weighted by Crippen LogP contribution is -2.37. The van der Waals surface area contributed by atoms with Gasteiger partial charge < -0.3 is 10.4 Å². The molecule has 0 saturated heterocycles. The zero-order valence-corrected chi connectivity index (χ0v) is 13.6. The molecule has 0 aliphatic carbocycles. The van der Waals surface area contributed by atoms with Crippen LogP contribution in [-0.4, -0.2) is 22.4 Å². The van der Waals surface area contributed by atoms with Crippen molar-refractivity contribution in [2.24, 2.45) is 5.92 Å². The van der Waals surface area contributed by atoms with Gasteiger partial charge in [-0.3, -0.25) is 4.79 Å². The number of phenols is 1. The number of rotatable bonds is 5. The summed E-state index contributed by atoms with van der Waals surface area (Å²) in [6.45, 7) is 4.22. The number of carbonyl (C=O) groups excluding carboxylic acids is 1. The average molecular weight is 379 g/mol. The van der Waals surface area contributed by atoms with E-state index in [1.54, 1.807) is 12.1 Å². The molecular formula is C13H17Br2NO2. The van der Waals surface area contributed by atoms with Crippen molar-refractivity contribution in [2.75, 3.05) is 5.33 Å². The molecule has 1 amide bonds. The zero-order valence-electron chi connectivity index (χ0n) is 10.4. The summed E-state index contributed by atoms with van der Waals surface area (Å²) in [6.07, 6.45) is 0.895. The monoisotopic (exact) mass is 377 g/mol. The quantitative estimate of drug-likeness (QED) is 0.767. The molecule has 1 atom stereocenters. The Hall–Kier alpha value is -0.550. The lowest BCUT2D eigenvalue weighted by Gasteiger charge is -2.18. The van der Waals surface area contributed by atoms with Crippen LogP contribution < -0.4 is 5.32 Å². The summed E-state index contributed by atoms with van der Waals surface area (Å²) in [4.78, 5) is 12.1. The molecule has 1 aromatic carbocycles. The number of hydrogen-bond donors (Lipinski definition) is 2. The highest BCUT2D eigenvalue weighted by Gasteiger charge is 2.16. The number of hydrogen-bond acceptors (Lipinski definition) is 2. The van der Waals surface area contributed by atoms with Crippen LogP contribution in [0, 0.1) is 5.92 Å². The Morgan fingerprint density at radius 3 is 2.67 bits per heavy atom. The number of benzene rings is 1. The van der Waals surface area contributed by atoms with Crippen LogP contribution in [0.1, 0.15) is 30.6 Å². The SMILES string of the molecule is CC(C)CC(CBr)NC(=O)c1cc(Br)ccc1O. The second kappa shape index (κ2) is 7.14. The summed E-state index contributed by atoms with van der Waals surface area (Å²) in [7, 11) is 0. The van der Waals surface area contributed by atoms with Crippen molar-refractivity contribution in [1.29, 1.82) is 0 Å². The number of carbonyl (C=O) groups is 1. The standard InChI is InChI=1S/C13H17Br2NO2/c1-8(2)5-10(7-14)16-13(18)11-6-9(15)3-4-12(11)17/h3-4,6,8,10,17H,5,7H2,1-2H3,(H,16,18). The molecule has 5 heteroatoms. The van der Waals surface area contributed by atoms with Gasteiger partial charge in [-0.15, -0.1) is 0 Å². The molecule has 0 fully saturated rings. The number of aromatic hydroxyl groups is 1. The number of halogens is 2. The fourth-order valence-corrected chi connectivity index (χ4v) is 2.47. The first-order chi connectivity index (χ1) is 8.43. The molecule has 2 N–H and O–H groups in total. The molecule has 100 valence electrons. The van der Waals surface area contributed by atoms with E-state index < -0.39 is 0 Å². The van der Waals surface area contributed by atoms with Gasteiger partial charge in [0.2, 0.25) is 0 Å². The lowest BCUT2D eigenvalue weighted by molar-refractivity contribution is 0.0934. The van der Waals surface area contributed by atoms with Crippen LogP contribution in [0.3, 0.4) is 0 Å². The molecule has 0 aromatic heterocycles. The fraction of sp³-hybridized carbons (Fsp3) is 0.462. The van der Waals surface area contributed by atoms with E-state index in [4.69, 9.17) is 0 Å². The van der Waals surface area contributed by atoms with E-state index in [1.165, 1.54) is 6.07 Å². The van der Waals surface area contributed by atoms with Gasteiger partial charge in [-0.1, -0.05) is 45.7 Å². The predicted molar refractivity (Wildman–Crippen MR) is 80.3 cm³/mol. The minimum Gasteiger partial charge on any atom is -0.507 e. The number of alkyl halides is 1. The Morgan fingerprint density at radius 2 is 2.11 bits per heavy atom. The van der Waals surface area contributed by atoms with Gasteiger partial charge in [-0.25, -0.2) is 0 Å². The molecule has 0 radical (unpaired) electrons. The third-order valence-corrected chi connectivity index (χ3v) is 3.76. The molecule has 0 saturated carbocycles. The van der Waals surface area contributed by atoms with E-state index in [1.807, 2.05) is 0 Å². The summed E-state index contributed by atoms with van der Waals surface area (Å²) in [6, 6.07) is 4.88. The summed E-state index contributed by atoms with van der Waals surface area (Å²) in [5.41, 5.74) is 0.291. The summed E-state index contributed by atoms with van der Waals surface area (Å²) >= 11 is 6.68. The molecule has 0 spiro atoms. The maximum absolute atomic E-state index is 12.1. The first-order valence-corrected chi connectivity index (χ1v) is 7.70. The van der Waals surface area contributed by atoms with E-state index >= 15 is 0 Å². The smallest absolute Gasteiger partial charge is 0.255 e. The van der Waals surface area contributed by atoms with E-state index in [0.717, 1.165) is 10.9 Å². The van der Waals surface area contributed by atoms with Gasteiger partial charge in [0, 0.05) is 15.8 Å². The summed E-state index contributed by atoms with van der Waals surface area (Å²) in [5, 5.41) is 13.3. The van der Waals surface area contributed by atoms with Gasteiger partial charge in [0.1, 0.15) is 5.75 Å². The van der Waals surface area contributed by atoms with Gasteiger partial charge in [0.15, 0.2) is 0 Å². The van der Waals surface area contributed by atoms with E-state index in [0.29, 0.717) is 16.8 Å². The Labute approximate surface area is 124 Å². The van der Waals surface area contributed by atoms with Crippen molar-refractivity contribution < 1.29 is 9.90 Å². The highest BCUT2D eigenvalue weighted by atomic mass is 79.9. The largest absolute Gasteiger partial charge is 0.507 e. The van der Waals surface area contributed by atoms with Crippen LogP contribution >= 0.6 is 31.9 Å². The minimum absolute atomic E-state index is 0.00595. The Balaban J connectivity index is 2.77. The molecule has 1 aromatic rings. The van der Waals surface area contributed by atoms with Crippen LogP contribution in [0.15, 0.2) is 22.7 Å². The maximum atomic E-state index is 12.1. The molecule has 0 aliphatic heterocycles. The van der Waals surface area contributed by atoms with Crippen molar-refractivity contribution in [2.45, 2.75) is 26.3 Å². The third-order valence-electron chi connectivity index (χ3n) is 2.48. The lowest BCUT2D eigenvalue weighted by atomic mass is 10.0. The van der Waals surface area contributed by atoms with E-state index in [9.17, 15) is 9.90 Å². The number of amides is 1. The third kappa shape index (κ3) is 4.61. The topological polar surface area (TPSA) is 49.3 Å². The molecule has 3 nitrogen and oxygen atoms in total. The highest BCUT2D eigenvalue weighted by Crippen LogP contribution is 2.22.